The summed E-state index contributed by atoms with van der Waals surface area (Å²) in [5.74, 6) is 0.328. The maximum atomic E-state index is 11.0. The molecule has 2 heteroatoms. The fraction of sp³-hybridized carbons (Fsp3) is 0.357. The lowest BCUT2D eigenvalue weighted by molar-refractivity contribution is -0.112. The summed E-state index contributed by atoms with van der Waals surface area (Å²) in [6.07, 6.45) is 3.08. The Hall–Kier alpha value is -1.41. The first-order valence-corrected chi connectivity index (χ1v) is 5.57. The molecule has 0 saturated heterocycles. The highest BCUT2D eigenvalue weighted by atomic mass is 16.3. The van der Waals surface area contributed by atoms with Crippen LogP contribution in [0.25, 0.3) is 0 Å². The molecule has 0 aliphatic heterocycles. The Morgan fingerprint density at radius 2 is 1.94 bits per heavy atom. The van der Waals surface area contributed by atoms with Crippen molar-refractivity contribution in [2.24, 2.45) is 5.92 Å². The molecule has 0 spiro atoms. The fourth-order valence-corrected chi connectivity index (χ4v) is 2.36. The lowest BCUT2D eigenvalue weighted by atomic mass is 9.93. The SMILES string of the molecule is CC(=O)/C=C/[C@@H]1c2ccccc2[C@H](O)[C@H]1C. The number of aliphatic hydroxyl groups excluding tert-OH is 1. The summed E-state index contributed by atoms with van der Waals surface area (Å²) in [4.78, 5) is 11.0. The number of benzene rings is 1. The molecule has 1 N–H and O–H groups in total. The van der Waals surface area contributed by atoms with E-state index < -0.39 is 6.10 Å². The molecule has 1 aromatic carbocycles. The van der Waals surface area contributed by atoms with Crippen LogP contribution >= 0.6 is 0 Å². The molecular formula is C14H16O2. The Morgan fingerprint density at radius 3 is 2.56 bits per heavy atom. The average Bonchev–Trinajstić information content (AvgIpc) is 2.50. The molecule has 84 valence electrons. The molecule has 0 fully saturated rings. The van der Waals surface area contributed by atoms with Gasteiger partial charge < -0.3 is 5.11 Å². The summed E-state index contributed by atoms with van der Waals surface area (Å²) in [5.41, 5.74) is 2.13. The van der Waals surface area contributed by atoms with Crippen LogP contribution in [-0.4, -0.2) is 10.9 Å². The van der Waals surface area contributed by atoms with Gasteiger partial charge in [-0.05, 0) is 30.0 Å². The Balaban J connectivity index is 2.37. The van der Waals surface area contributed by atoms with Gasteiger partial charge in [-0.1, -0.05) is 37.3 Å². The molecule has 0 amide bonds. The van der Waals surface area contributed by atoms with Gasteiger partial charge in [-0.3, -0.25) is 4.79 Å². The monoisotopic (exact) mass is 216 g/mol. The first kappa shape index (κ1) is 11.1. The first-order chi connectivity index (χ1) is 7.61. The van der Waals surface area contributed by atoms with Gasteiger partial charge in [0.15, 0.2) is 5.78 Å². The number of fused-ring (bicyclic) bond motifs is 1. The van der Waals surface area contributed by atoms with E-state index in [1.54, 1.807) is 13.0 Å². The summed E-state index contributed by atoms with van der Waals surface area (Å²) >= 11 is 0. The second-order valence-corrected chi connectivity index (χ2v) is 4.43. The zero-order valence-electron chi connectivity index (χ0n) is 9.55. The van der Waals surface area contributed by atoms with Gasteiger partial charge in [0.2, 0.25) is 0 Å². The van der Waals surface area contributed by atoms with Gasteiger partial charge >= 0.3 is 0 Å². The number of hydrogen-bond donors (Lipinski definition) is 1. The second kappa shape index (κ2) is 4.22. The van der Waals surface area contributed by atoms with Crippen molar-refractivity contribution in [3.05, 3.63) is 47.5 Å². The maximum absolute atomic E-state index is 11.0. The van der Waals surface area contributed by atoms with Gasteiger partial charge in [0.25, 0.3) is 0 Å². The van der Waals surface area contributed by atoms with Crippen LogP contribution < -0.4 is 0 Å². The highest BCUT2D eigenvalue weighted by Gasteiger charge is 2.34. The van der Waals surface area contributed by atoms with Crippen molar-refractivity contribution in [3.63, 3.8) is 0 Å². The fourth-order valence-electron chi connectivity index (χ4n) is 2.36. The third-order valence-electron chi connectivity index (χ3n) is 3.28. The van der Waals surface area contributed by atoms with Crippen LogP contribution in [0, 0.1) is 5.92 Å². The minimum absolute atomic E-state index is 0.0473. The van der Waals surface area contributed by atoms with Crippen LogP contribution in [0.5, 0.6) is 0 Å². The molecule has 0 saturated carbocycles. The average molecular weight is 216 g/mol. The van der Waals surface area contributed by atoms with Crippen molar-refractivity contribution in [2.45, 2.75) is 25.9 Å². The predicted molar refractivity (Wildman–Crippen MR) is 63.1 cm³/mol. The van der Waals surface area contributed by atoms with E-state index in [1.807, 2.05) is 37.3 Å². The van der Waals surface area contributed by atoms with Crippen LogP contribution in [-0.2, 0) is 4.79 Å². The van der Waals surface area contributed by atoms with Crippen LogP contribution in [0.4, 0.5) is 0 Å². The molecule has 2 rings (SSSR count). The summed E-state index contributed by atoms with van der Waals surface area (Å²) in [7, 11) is 0. The van der Waals surface area contributed by atoms with Gasteiger partial charge in [0, 0.05) is 5.92 Å². The van der Waals surface area contributed by atoms with Crippen LogP contribution in [0.1, 0.15) is 37.0 Å². The third-order valence-corrected chi connectivity index (χ3v) is 3.28. The molecule has 16 heavy (non-hydrogen) atoms. The Morgan fingerprint density at radius 1 is 1.31 bits per heavy atom. The topological polar surface area (TPSA) is 37.3 Å². The number of carbonyl (C=O) groups excluding carboxylic acids is 1. The summed E-state index contributed by atoms with van der Waals surface area (Å²) in [6, 6.07) is 7.89. The van der Waals surface area contributed by atoms with E-state index in [-0.39, 0.29) is 17.6 Å². The summed E-state index contributed by atoms with van der Waals surface area (Å²) in [5, 5.41) is 10.1. The maximum Gasteiger partial charge on any atom is 0.152 e. The van der Waals surface area contributed by atoms with Crippen LogP contribution in [0.3, 0.4) is 0 Å². The molecule has 0 unspecified atom stereocenters. The van der Waals surface area contributed by atoms with Gasteiger partial charge in [0.05, 0.1) is 6.10 Å². The standard InChI is InChI=1S/C14H16O2/c1-9(15)7-8-11-10(2)14(16)13-6-4-3-5-12(11)13/h3-8,10-11,14,16H,1-2H3/b8-7+/t10-,11-,14+/m0/s1. The molecule has 0 radical (unpaired) electrons. The predicted octanol–water partition coefficient (Wildman–Crippen LogP) is 2.60. The largest absolute Gasteiger partial charge is 0.388 e. The lowest BCUT2D eigenvalue weighted by Crippen LogP contribution is -2.06. The lowest BCUT2D eigenvalue weighted by Gasteiger charge is -2.14. The smallest absolute Gasteiger partial charge is 0.152 e. The zero-order chi connectivity index (χ0) is 11.7. The van der Waals surface area contributed by atoms with Crippen molar-refractivity contribution in [1.82, 2.24) is 0 Å². The number of hydrogen-bond acceptors (Lipinski definition) is 2. The third kappa shape index (κ3) is 1.81. The number of allylic oxidation sites excluding steroid dienone is 2. The summed E-state index contributed by atoms with van der Waals surface area (Å²) < 4.78 is 0. The van der Waals surface area contributed by atoms with Crippen molar-refractivity contribution in [1.29, 1.82) is 0 Å². The van der Waals surface area contributed by atoms with E-state index in [2.05, 4.69) is 0 Å². The minimum atomic E-state index is -0.419. The van der Waals surface area contributed by atoms with E-state index in [4.69, 9.17) is 0 Å². The zero-order valence-corrected chi connectivity index (χ0v) is 9.55. The molecule has 2 nitrogen and oxygen atoms in total. The van der Waals surface area contributed by atoms with E-state index in [9.17, 15) is 9.90 Å². The summed E-state index contributed by atoms with van der Waals surface area (Å²) in [6.45, 7) is 3.55. The molecule has 3 atom stereocenters. The van der Waals surface area contributed by atoms with Gasteiger partial charge in [-0.15, -0.1) is 0 Å². The second-order valence-electron chi connectivity index (χ2n) is 4.43. The van der Waals surface area contributed by atoms with E-state index in [0.717, 1.165) is 11.1 Å². The molecule has 1 aliphatic rings. The normalized spacial score (nSPS) is 28.3. The highest BCUT2D eigenvalue weighted by Crippen LogP contribution is 2.45. The molecule has 0 aromatic heterocycles. The molecule has 1 aliphatic carbocycles. The van der Waals surface area contributed by atoms with Gasteiger partial charge in [-0.2, -0.15) is 0 Å². The van der Waals surface area contributed by atoms with Crippen molar-refractivity contribution in [3.8, 4) is 0 Å². The molecular weight excluding hydrogens is 200 g/mol. The Bertz CT molecular complexity index is 434. The van der Waals surface area contributed by atoms with Crippen LogP contribution in [0.2, 0.25) is 0 Å². The Kier molecular flexibility index (Phi) is 2.92. The van der Waals surface area contributed by atoms with Crippen molar-refractivity contribution >= 4 is 5.78 Å². The number of carbonyl (C=O) groups is 1. The van der Waals surface area contributed by atoms with E-state index in [1.165, 1.54) is 0 Å². The van der Waals surface area contributed by atoms with Crippen LogP contribution in [0.15, 0.2) is 36.4 Å². The van der Waals surface area contributed by atoms with Crippen molar-refractivity contribution in [2.75, 3.05) is 0 Å². The molecule has 0 heterocycles. The quantitative estimate of drug-likeness (QED) is 0.771. The molecule has 0 bridgehead atoms. The van der Waals surface area contributed by atoms with E-state index >= 15 is 0 Å². The van der Waals surface area contributed by atoms with E-state index in [0.29, 0.717) is 0 Å². The number of aliphatic hydroxyl groups is 1. The number of rotatable bonds is 2. The van der Waals surface area contributed by atoms with Gasteiger partial charge in [-0.25, -0.2) is 0 Å². The number of ketones is 1. The highest BCUT2D eigenvalue weighted by molar-refractivity contribution is 5.87. The Labute approximate surface area is 95.6 Å². The molecule has 1 aromatic rings. The van der Waals surface area contributed by atoms with Gasteiger partial charge in [0.1, 0.15) is 0 Å². The minimum Gasteiger partial charge on any atom is -0.388 e. The first-order valence-electron chi connectivity index (χ1n) is 5.57. The van der Waals surface area contributed by atoms with Crippen molar-refractivity contribution < 1.29 is 9.90 Å².